The molecule has 0 aliphatic carbocycles. The second kappa shape index (κ2) is 5.47. The number of hydrogen-bond donors (Lipinski definition) is 4. The Balaban J connectivity index is 2.49. The molecule has 1 rings (SSSR count). The summed E-state index contributed by atoms with van der Waals surface area (Å²) in [7, 11) is 0. The number of nitrogens with one attached hydrogen (secondary N) is 1. The number of phenolic OH excluding ortho intramolecular Hbond substituents is 2. The number of aliphatic hydroxyl groups is 1. The Hall–Kier alpha value is -1.26. The Morgan fingerprint density at radius 3 is 2.29 bits per heavy atom. The van der Waals surface area contributed by atoms with Crippen molar-refractivity contribution in [3.63, 3.8) is 0 Å². The van der Waals surface area contributed by atoms with Crippen LogP contribution < -0.4 is 5.32 Å². The Labute approximate surface area is 82.8 Å². The fourth-order valence-electron chi connectivity index (χ4n) is 1.24. The van der Waals surface area contributed by atoms with E-state index in [1.807, 2.05) is 0 Å². The monoisotopic (exact) mass is 197 g/mol. The van der Waals surface area contributed by atoms with Gasteiger partial charge in [0.05, 0.1) is 6.61 Å². The van der Waals surface area contributed by atoms with Crippen molar-refractivity contribution in [3.8, 4) is 11.5 Å². The first kappa shape index (κ1) is 10.8. The van der Waals surface area contributed by atoms with Gasteiger partial charge < -0.3 is 20.6 Å². The lowest BCUT2D eigenvalue weighted by Crippen LogP contribution is -2.20. The zero-order chi connectivity index (χ0) is 10.4. The second-order valence-corrected chi connectivity index (χ2v) is 3.00. The average molecular weight is 197 g/mol. The van der Waals surface area contributed by atoms with Gasteiger partial charge >= 0.3 is 0 Å². The van der Waals surface area contributed by atoms with Crippen LogP contribution in [0.1, 0.15) is 5.56 Å². The van der Waals surface area contributed by atoms with E-state index in [1.165, 1.54) is 0 Å². The van der Waals surface area contributed by atoms with Crippen molar-refractivity contribution in [3.05, 3.63) is 23.8 Å². The summed E-state index contributed by atoms with van der Waals surface area (Å²) >= 11 is 0. The number of phenols is 2. The maximum Gasteiger partial charge on any atom is 0.122 e. The summed E-state index contributed by atoms with van der Waals surface area (Å²) in [6.45, 7) is 1.23. The molecule has 4 nitrogen and oxygen atoms in total. The minimum Gasteiger partial charge on any atom is -0.508 e. The van der Waals surface area contributed by atoms with E-state index >= 15 is 0 Å². The van der Waals surface area contributed by atoms with Crippen molar-refractivity contribution in [1.29, 1.82) is 0 Å². The van der Waals surface area contributed by atoms with Crippen molar-refractivity contribution in [1.82, 2.24) is 5.32 Å². The SMILES string of the molecule is OCCNCCc1c(O)cccc1O. The number of rotatable bonds is 5. The zero-order valence-electron chi connectivity index (χ0n) is 7.90. The van der Waals surface area contributed by atoms with Gasteiger partial charge in [-0.2, -0.15) is 0 Å². The van der Waals surface area contributed by atoms with Crippen LogP contribution >= 0.6 is 0 Å². The van der Waals surface area contributed by atoms with Crippen LogP contribution in [0.15, 0.2) is 18.2 Å². The van der Waals surface area contributed by atoms with Crippen molar-refractivity contribution in [2.75, 3.05) is 19.7 Å². The Morgan fingerprint density at radius 2 is 1.71 bits per heavy atom. The van der Waals surface area contributed by atoms with E-state index in [2.05, 4.69) is 5.32 Å². The maximum absolute atomic E-state index is 9.41. The topological polar surface area (TPSA) is 72.7 Å². The lowest BCUT2D eigenvalue weighted by atomic mass is 10.1. The molecule has 0 saturated carbocycles. The fourth-order valence-corrected chi connectivity index (χ4v) is 1.24. The number of aromatic hydroxyl groups is 2. The molecule has 0 saturated heterocycles. The van der Waals surface area contributed by atoms with Crippen LogP contribution in [-0.4, -0.2) is 35.0 Å². The third kappa shape index (κ3) is 2.90. The highest BCUT2D eigenvalue weighted by Gasteiger charge is 2.05. The summed E-state index contributed by atoms with van der Waals surface area (Å²) in [5.41, 5.74) is 0.540. The van der Waals surface area contributed by atoms with Gasteiger partial charge in [-0.25, -0.2) is 0 Å². The Morgan fingerprint density at radius 1 is 1.07 bits per heavy atom. The highest BCUT2D eigenvalue weighted by atomic mass is 16.3. The standard InChI is InChI=1S/C10H15NO3/c12-7-6-11-5-4-8-9(13)2-1-3-10(8)14/h1-3,11-14H,4-7H2. The lowest BCUT2D eigenvalue weighted by Gasteiger charge is -2.07. The van der Waals surface area contributed by atoms with Crippen molar-refractivity contribution >= 4 is 0 Å². The van der Waals surface area contributed by atoms with Crippen molar-refractivity contribution in [2.45, 2.75) is 6.42 Å². The normalized spacial score (nSPS) is 10.4. The molecule has 0 radical (unpaired) electrons. The van der Waals surface area contributed by atoms with E-state index in [-0.39, 0.29) is 18.1 Å². The molecule has 4 heteroatoms. The summed E-state index contributed by atoms with van der Waals surface area (Å²) in [4.78, 5) is 0. The first-order valence-electron chi connectivity index (χ1n) is 4.57. The van der Waals surface area contributed by atoms with Gasteiger partial charge in [-0.3, -0.25) is 0 Å². The molecule has 0 spiro atoms. The number of benzene rings is 1. The lowest BCUT2D eigenvalue weighted by molar-refractivity contribution is 0.292. The van der Waals surface area contributed by atoms with Gasteiger partial charge in [-0.1, -0.05) is 6.07 Å². The zero-order valence-corrected chi connectivity index (χ0v) is 7.90. The molecule has 0 unspecified atom stereocenters. The minimum absolute atomic E-state index is 0.0900. The molecular formula is C10H15NO3. The highest BCUT2D eigenvalue weighted by molar-refractivity contribution is 5.42. The van der Waals surface area contributed by atoms with Crippen LogP contribution in [0.3, 0.4) is 0 Å². The predicted molar refractivity (Wildman–Crippen MR) is 53.4 cm³/mol. The van der Waals surface area contributed by atoms with Crippen LogP contribution in [0.25, 0.3) is 0 Å². The molecule has 0 aliphatic rings. The van der Waals surface area contributed by atoms with E-state index in [4.69, 9.17) is 5.11 Å². The molecule has 0 fully saturated rings. The first-order valence-corrected chi connectivity index (χ1v) is 4.57. The van der Waals surface area contributed by atoms with Gasteiger partial charge in [0.25, 0.3) is 0 Å². The van der Waals surface area contributed by atoms with E-state index < -0.39 is 0 Å². The van der Waals surface area contributed by atoms with E-state index in [0.29, 0.717) is 25.1 Å². The molecule has 0 aliphatic heterocycles. The number of aliphatic hydroxyl groups excluding tert-OH is 1. The van der Waals surface area contributed by atoms with Crippen LogP contribution in [-0.2, 0) is 6.42 Å². The van der Waals surface area contributed by atoms with Crippen molar-refractivity contribution < 1.29 is 15.3 Å². The molecule has 1 aromatic rings. The van der Waals surface area contributed by atoms with Crippen LogP contribution in [0.4, 0.5) is 0 Å². The third-order valence-corrected chi connectivity index (χ3v) is 1.97. The molecule has 14 heavy (non-hydrogen) atoms. The van der Waals surface area contributed by atoms with Crippen LogP contribution in [0.5, 0.6) is 11.5 Å². The molecule has 0 bridgehead atoms. The molecule has 1 aromatic carbocycles. The summed E-state index contributed by atoms with van der Waals surface area (Å²) in [6.07, 6.45) is 0.540. The molecule has 4 N–H and O–H groups in total. The smallest absolute Gasteiger partial charge is 0.122 e. The van der Waals surface area contributed by atoms with E-state index in [1.54, 1.807) is 18.2 Å². The van der Waals surface area contributed by atoms with Crippen molar-refractivity contribution in [2.24, 2.45) is 0 Å². The molecule has 0 heterocycles. The fraction of sp³-hybridized carbons (Fsp3) is 0.400. The molecule has 0 atom stereocenters. The Bertz CT molecular complexity index is 268. The van der Waals surface area contributed by atoms with Gasteiger partial charge in [0, 0.05) is 12.1 Å². The van der Waals surface area contributed by atoms with E-state index in [0.717, 1.165) is 0 Å². The highest BCUT2D eigenvalue weighted by Crippen LogP contribution is 2.26. The average Bonchev–Trinajstić information content (AvgIpc) is 2.16. The third-order valence-electron chi connectivity index (χ3n) is 1.97. The summed E-state index contributed by atoms with van der Waals surface area (Å²) in [5, 5.41) is 30.3. The molecular weight excluding hydrogens is 182 g/mol. The summed E-state index contributed by atoms with van der Waals surface area (Å²) in [6, 6.07) is 4.68. The largest absolute Gasteiger partial charge is 0.508 e. The van der Waals surface area contributed by atoms with Crippen LogP contribution in [0.2, 0.25) is 0 Å². The van der Waals surface area contributed by atoms with Gasteiger partial charge in [0.15, 0.2) is 0 Å². The second-order valence-electron chi connectivity index (χ2n) is 3.00. The van der Waals surface area contributed by atoms with E-state index in [9.17, 15) is 10.2 Å². The minimum atomic E-state index is 0.0900. The van der Waals surface area contributed by atoms with Gasteiger partial charge in [-0.05, 0) is 25.1 Å². The van der Waals surface area contributed by atoms with Crippen LogP contribution in [0, 0.1) is 0 Å². The van der Waals surface area contributed by atoms with Gasteiger partial charge in [0.2, 0.25) is 0 Å². The van der Waals surface area contributed by atoms with Gasteiger partial charge in [-0.15, -0.1) is 0 Å². The first-order chi connectivity index (χ1) is 6.75. The molecule has 78 valence electrons. The summed E-state index contributed by atoms with van der Waals surface area (Å²) < 4.78 is 0. The molecule has 0 amide bonds. The summed E-state index contributed by atoms with van der Waals surface area (Å²) in [5.74, 6) is 0.214. The maximum atomic E-state index is 9.41. The Kier molecular flexibility index (Phi) is 4.22. The quantitative estimate of drug-likeness (QED) is 0.510. The van der Waals surface area contributed by atoms with Gasteiger partial charge in [0.1, 0.15) is 11.5 Å². The molecule has 0 aromatic heterocycles. The predicted octanol–water partition coefficient (Wildman–Crippen LogP) is 0.222. The number of hydrogen-bond acceptors (Lipinski definition) is 4.